The number of amides is 1. The summed E-state index contributed by atoms with van der Waals surface area (Å²) in [4.78, 5) is 11.7. The van der Waals surface area contributed by atoms with Crippen LogP contribution in [-0.2, 0) is 4.74 Å². The van der Waals surface area contributed by atoms with E-state index in [4.69, 9.17) is 14.6 Å². The van der Waals surface area contributed by atoms with E-state index in [-0.39, 0.29) is 18.6 Å². The summed E-state index contributed by atoms with van der Waals surface area (Å²) in [6.07, 6.45) is 1.42. The molecule has 2 atom stereocenters. The molecule has 0 radical (unpaired) electrons. The van der Waals surface area contributed by atoms with E-state index in [0.717, 1.165) is 25.0 Å². The van der Waals surface area contributed by atoms with Gasteiger partial charge in [0.1, 0.15) is 5.75 Å². The zero-order valence-electron chi connectivity index (χ0n) is 11.7. The van der Waals surface area contributed by atoms with Crippen LogP contribution in [0.4, 0.5) is 4.79 Å². The van der Waals surface area contributed by atoms with Crippen molar-refractivity contribution >= 4 is 6.09 Å². The van der Waals surface area contributed by atoms with Crippen LogP contribution in [0.2, 0.25) is 0 Å². The van der Waals surface area contributed by atoms with Crippen molar-refractivity contribution in [1.82, 2.24) is 5.32 Å². The Morgan fingerprint density at radius 1 is 1.50 bits per heavy atom. The van der Waals surface area contributed by atoms with Crippen molar-refractivity contribution in [1.29, 1.82) is 0 Å². The molecular formula is C15H21NO4. The van der Waals surface area contributed by atoms with E-state index in [2.05, 4.69) is 5.32 Å². The van der Waals surface area contributed by atoms with E-state index in [1.807, 2.05) is 19.1 Å². The van der Waals surface area contributed by atoms with Gasteiger partial charge >= 0.3 is 6.09 Å². The van der Waals surface area contributed by atoms with E-state index in [1.165, 1.54) is 0 Å². The lowest BCUT2D eigenvalue weighted by atomic mass is 10.0. The molecule has 0 saturated carbocycles. The first-order valence-electron chi connectivity index (χ1n) is 6.96. The molecule has 0 aromatic heterocycles. The molecule has 0 spiro atoms. The summed E-state index contributed by atoms with van der Waals surface area (Å²) in [5.74, 6) is 0.574. The second kappa shape index (κ2) is 7.26. The Bertz CT molecular complexity index is 426. The van der Waals surface area contributed by atoms with Crippen LogP contribution in [-0.4, -0.2) is 37.1 Å². The fourth-order valence-corrected chi connectivity index (χ4v) is 2.13. The number of carbonyl (C=O) groups excluding carboxylic acids is 1. The Morgan fingerprint density at radius 3 is 2.85 bits per heavy atom. The number of rotatable bonds is 4. The van der Waals surface area contributed by atoms with Gasteiger partial charge in [0.2, 0.25) is 0 Å². The summed E-state index contributed by atoms with van der Waals surface area (Å²) in [5.41, 5.74) is 1.01. The van der Waals surface area contributed by atoms with Gasteiger partial charge in [-0.1, -0.05) is 19.1 Å². The zero-order chi connectivity index (χ0) is 14.4. The molecule has 1 aliphatic rings. The Kier molecular flexibility index (Phi) is 5.38. The lowest BCUT2D eigenvalue weighted by molar-refractivity contribution is 0.0703. The molecule has 0 bridgehead atoms. The molecule has 2 N–H and O–H groups in total. The van der Waals surface area contributed by atoms with Crippen LogP contribution in [0.5, 0.6) is 5.75 Å². The molecule has 1 saturated heterocycles. The van der Waals surface area contributed by atoms with Crippen LogP contribution in [0.25, 0.3) is 0 Å². The number of hydrogen-bond donors (Lipinski definition) is 2. The Hall–Kier alpha value is -1.59. The smallest absolute Gasteiger partial charge is 0.410 e. The van der Waals surface area contributed by atoms with Gasteiger partial charge in [-0.15, -0.1) is 0 Å². The predicted octanol–water partition coefficient (Wildman–Crippen LogP) is 2.05. The number of carbonyl (C=O) groups is 1. The first-order chi connectivity index (χ1) is 9.69. The zero-order valence-corrected chi connectivity index (χ0v) is 11.7. The quantitative estimate of drug-likeness (QED) is 0.885. The van der Waals surface area contributed by atoms with Gasteiger partial charge in [-0.3, -0.25) is 0 Å². The first-order valence-corrected chi connectivity index (χ1v) is 6.96. The first kappa shape index (κ1) is 14.8. The maximum absolute atomic E-state index is 11.7. The van der Waals surface area contributed by atoms with Crippen LogP contribution in [0.3, 0.4) is 0 Å². The summed E-state index contributed by atoms with van der Waals surface area (Å²) in [5, 5.41) is 11.9. The topological polar surface area (TPSA) is 67.8 Å². The molecule has 5 nitrogen and oxygen atoms in total. The van der Waals surface area contributed by atoms with Crippen molar-refractivity contribution in [2.45, 2.75) is 31.7 Å². The molecule has 110 valence electrons. The maximum Gasteiger partial charge on any atom is 0.412 e. The Balaban J connectivity index is 1.84. The minimum absolute atomic E-state index is 0.0323. The molecule has 1 aromatic carbocycles. The van der Waals surface area contributed by atoms with E-state index in [0.29, 0.717) is 12.4 Å². The fourth-order valence-electron chi connectivity index (χ4n) is 2.13. The highest BCUT2D eigenvalue weighted by atomic mass is 16.6. The van der Waals surface area contributed by atoms with Crippen LogP contribution < -0.4 is 10.1 Å². The molecule has 1 aromatic rings. The Morgan fingerprint density at radius 2 is 2.25 bits per heavy atom. The molecule has 2 unspecified atom stereocenters. The monoisotopic (exact) mass is 279 g/mol. The molecule has 1 amide bonds. The average Bonchev–Trinajstić information content (AvgIpc) is 2.48. The largest absolute Gasteiger partial charge is 0.412 e. The van der Waals surface area contributed by atoms with Gasteiger partial charge in [-0.25, -0.2) is 4.79 Å². The lowest BCUT2D eigenvalue weighted by Gasteiger charge is -2.22. The second-order valence-corrected chi connectivity index (χ2v) is 5.10. The number of aliphatic hydroxyl groups excluding tert-OH is 1. The number of benzene rings is 1. The van der Waals surface area contributed by atoms with Gasteiger partial charge in [0.05, 0.1) is 12.6 Å². The number of hydrogen-bond acceptors (Lipinski definition) is 4. The van der Waals surface area contributed by atoms with Crippen molar-refractivity contribution in [2.24, 2.45) is 0 Å². The highest BCUT2D eigenvalue weighted by molar-refractivity contribution is 5.70. The van der Waals surface area contributed by atoms with Gasteiger partial charge < -0.3 is 19.9 Å². The summed E-state index contributed by atoms with van der Waals surface area (Å²) >= 11 is 0. The van der Waals surface area contributed by atoms with Crippen LogP contribution >= 0.6 is 0 Å². The SMILES string of the molecule is CC(CO)c1ccc(OC(=O)NC2CCCOC2)cc1. The third-order valence-electron chi connectivity index (χ3n) is 3.42. The van der Waals surface area contributed by atoms with Crippen molar-refractivity contribution in [3.63, 3.8) is 0 Å². The molecule has 2 rings (SSSR count). The van der Waals surface area contributed by atoms with Gasteiger partial charge in [0.25, 0.3) is 0 Å². The molecule has 0 aliphatic carbocycles. The number of ether oxygens (including phenoxy) is 2. The molecule has 20 heavy (non-hydrogen) atoms. The summed E-state index contributed by atoms with van der Waals surface area (Å²) < 4.78 is 10.5. The number of aliphatic hydroxyl groups is 1. The number of nitrogens with one attached hydrogen (secondary N) is 1. The third kappa shape index (κ3) is 4.21. The van der Waals surface area contributed by atoms with Crippen LogP contribution in [0.15, 0.2) is 24.3 Å². The fraction of sp³-hybridized carbons (Fsp3) is 0.533. The van der Waals surface area contributed by atoms with Crippen LogP contribution in [0, 0.1) is 0 Å². The second-order valence-electron chi connectivity index (χ2n) is 5.10. The van der Waals surface area contributed by atoms with Gasteiger partial charge in [-0.05, 0) is 30.5 Å². The average molecular weight is 279 g/mol. The summed E-state index contributed by atoms with van der Waals surface area (Å²) in [6, 6.07) is 7.21. The van der Waals surface area contributed by atoms with Gasteiger partial charge in [0, 0.05) is 19.1 Å². The molecule has 1 heterocycles. The highest BCUT2D eigenvalue weighted by Crippen LogP contribution is 2.19. The van der Waals surface area contributed by atoms with Crippen molar-refractivity contribution < 1.29 is 19.4 Å². The standard InChI is InChI=1S/C15H21NO4/c1-11(9-17)12-4-6-14(7-5-12)20-15(18)16-13-3-2-8-19-10-13/h4-7,11,13,17H,2-3,8-10H2,1H3,(H,16,18). The van der Waals surface area contributed by atoms with Crippen molar-refractivity contribution in [2.75, 3.05) is 19.8 Å². The summed E-state index contributed by atoms with van der Waals surface area (Å²) in [6.45, 7) is 3.34. The molecular weight excluding hydrogens is 258 g/mol. The predicted molar refractivity (Wildman–Crippen MR) is 74.9 cm³/mol. The van der Waals surface area contributed by atoms with Crippen molar-refractivity contribution in [3.8, 4) is 5.75 Å². The molecule has 1 aliphatic heterocycles. The lowest BCUT2D eigenvalue weighted by Crippen LogP contribution is -2.41. The maximum atomic E-state index is 11.7. The van der Waals surface area contributed by atoms with Gasteiger partial charge in [0.15, 0.2) is 0 Å². The van der Waals surface area contributed by atoms with E-state index in [9.17, 15) is 4.79 Å². The Labute approximate surface area is 118 Å². The molecule has 1 fully saturated rings. The van der Waals surface area contributed by atoms with Crippen LogP contribution in [0.1, 0.15) is 31.2 Å². The van der Waals surface area contributed by atoms with E-state index in [1.54, 1.807) is 12.1 Å². The summed E-state index contributed by atoms with van der Waals surface area (Å²) in [7, 11) is 0. The normalized spacial score (nSPS) is 20.2. The van der Waals surface area contributed by atoms with Crippen molar-refractivity contribution in [3.05, 3.63) is 29.8 Å². The minimum Gasteiger partial charge on any atom is -0.410 e. The van der Waals surface area contributed by atoms with E-state index < -0.39 is 6.09 Å². The molecule has 5 heteroatoms. The third-order valence-corrected chi connectivity index (χ3v) is 3.42. The highest BCUT2D eigenvalue weighted by Gasteiger charge is 2.17. The van der Waals surface area contributed by atoms with Gasteiger partial charge in [-0.2, -0.15) is 0 Å². The minimum atomic E-state index is -0.455. The van der Waals surface area contributed by atoms with E-state index >= 15 is 0 Å².